The summed E-state index contributed by atoms with van der Waals surface area (Å²) >= 11 is 0. The molecule has 0 saturated carbocycles. The number of amides is 1. The summed E-state index contributed by atoms with van der Waals surface area (Å²) in [7, 11) is -3.68. The van der Waals surface area contributed by atoms with E-state index in [-0.39, 0.29) is 10.8 Å². The fourth-order valence-electron chi connectivity index (χ4n) is 2.16. The molecule has 0 unspecified atom stereocenters. The van der Waals surface area contributed by atoms with Crippen molar-refractivity contribution in [3.63, 3.8) is 0 Å². The first-order valence-electron chi connectivity index (χ1n) is 7.91. The van der Waals surface area contributed by atoms with Crippen LogP contribution in [0.25, 0.3) is 0 Å². The molecule has 0 fully saturated rings. The third-order valence-corrected chi connectivity index (χ3v) is 5.01. The van der Waals surface area contributed by atoms with Gasteiger partial charge in [0.1, 0.15) is 0 Å². The molecule has 0 radical (unpaired) electrons. The molecule has 0 heterocycles. The van der Waals surface area contributed by atoms with Gasteiger partial charge in [-0.1, -0.05) is 31.5 Å². The number of carbonyl (C=O) groups is 1. The van der Waals surface area contributed by atoms with E-state index in [1.165, 1.54) is 24.3 Å². The van der Waals surface area contributed by atoms with Crippen LogP contribution in [0.5, 0.6) is 0 Å². The molecule has 0 aliphatic heterocycles. The number of anilines is 1. The number of benzene rings is 2. The monoisotopic (exact) mass is 346 g/mol. The van der Waals surface area contributed by atoms with Crippen LogP contribution in [0.2, 0.25) is 0 Å². The van der Waals surface area contributed by atoms with Gasteiger partial charge in [0.15, 0.2) is 0 Å². The van der Waals surface area contributed by atoms with E-state index < -0.39 is 10.0 Å². The zero-order chi connectivity index (χ0) is 17.6. The highest BCUT2D eigenvalue weighted by molar-refractivity contribution is 7.92. The van der Waals surface area contributed by atoms with Crippen LogP contribution in [-0.2, 0) is 10.0 Å². The minimum absolute atomic E-state index is 0.121. The Morgan fingerprint density at radius 3 is 2.33 bits per heavy atom. The molecule has 0 aliphatic carbocycles. The molecule has 24 heavy (non-hydrogen) atoms. The predicted molar refractivity (Wildman–Crippen MR) is 95.7 cm³/mol. The number of sulfonamides is 1. The smallest absolute Gasteiger partial charge is 0.261 e. The summed E-state index contributed by atoms with van der Waals surface area (Å²) in [6.07, 6.45) is 1.92. The molecule has 5 nitrogen and oxygen atoms in total. The topological polar surface area (TPSA) is 75.3 Å². The molecule has 2 N–H and O–H groups in total. The maximum atomic E-state index is 12.4. The number of carbonyl (C=O) groups excluding carboxylic acids is 1. The second-order valence-electron chi connectivity index (χ2n) is 5.55. The summed E-state index contributed by atoms with van der Waals surface area (Å²) in [4.78, 5) is 12.1. The lowest BCUT2D eigenvalue weighted by atomic mass is 10.2. The normalized spacial score (nSPS) is 11.1. The molecule has 0 aliphatic rings. The minimum Gasteiger partial charge on any atom is -0.352 e. The Balaban J connectivity index is 2.12. The van der Waals surface area contributed by atoms with Crippen LogP contribution in [-0.4, -0.2) is 20.9 Å². The van der Waals surface area contributed by atoms with Crippen molar-refractivity contribution >= 4 is 21.6 Å². The number of hydrogen-bond donors (Lipinski definition) is 2. The van der Waals surface area contributed by atoms with Gasteiger partial charge in [-0.2, -0.15) is 0 Å². The largest absolute Gasteiger partial charge is 0.352 e. The molecule has 128 valence electrons. The van der Waals surface area contributed by atoms with Crippen molar-refractivity contribution in [3.05, 3.63) is 59.7 Å². The van der Waals surface area contributed by atoms with Crippen LogP contribution in [0.1, 0.15) is 35.7 Å². The molecule has 2 rings (SSSR count). The first kappa shape index (κ1) is 18.0. The number of para-hydroxylation sites is 1. The lowest BCUT2D eigenvalue weighted by molar-refractivity contribution is 0.0953. The zero-order valence-electron chi connectivity index (χ0n) is 13.9. The highest BCUT2D eigenvalue weighted by Crippen LogP contribution is 2.19. The van der Waals surface area contributed by atoms with Crippen molar-refractivity contribution in [3.8, 4) is 0 Å². The van der Waals surface area contributed by atoms with E-state index in [1.54, 1.807) is 12.1 Å². The lowest BCUT2D eigenvalue weighted by Gasteiger charge is -2.11. The Hall–Kier alpha value is -2.34. The van der Waals surface area contributed by atoms with Crippen molar-refractivity contribution in [2.75, 3.05) is 11.3 Å². The quantitative estimate of drug-likeness (QED) is 0.755. The average molecular weight is 346 g/mol. The number of nitrogens with one attached hydrogen (secondary N) is 2. The third-order valence-electron chi connectivity index (χ3n) is 3.63. The summed E-state index contributed by atoms with van der Waals surface area (Å²) < 4.78 is 27.4. The second-order valence-corrected chi connectivity index (χ2v) is 7.24. The molecule has 0 saturated heterocycles. The Morgan fingerprint density at radius 1 is 1.04 bits per heavy atom. The SMILES string of the molecule is CCCCNC(=O)c1ccc(S(=O)(=O)Nc2ccccc2C)cc1. The van der Waals surface area contributed by atoms with Crippen molar-refractivity contribution in [1.82, 2.24) is 5.32 Å². The van der Waals surface area contributed by atoms with E-state index in [2.05, 4.69) is 10.0 Å². The van der Waals surface area contributed by atoms with Crippen LogP contribution in [0.3, 0.4) is 0 Å². The number of aryl methyl sites for hydroxylation is 1. The molecule has 0 atom stereocenters. The van der Waals surface area contributed by atoms with Crippen molar-refractivity contribution < 1.29 is 13.2 Å². The van der Waals surface area contributed by atoms with Crippen LogP contribution < -0.4 is 10.0 Å². The van der Waals surface area contributed by atoms with E-state index in [9.17, 15) is 13.2 Å². The Labute approximate surface area is 143 Å². The lowest BCUT2D eigenvalue weighted by Crippen LogP contribution is -2.24. The first-order valence-corrected chi connectivity index (χ1v) is 9.39. The van der Waals surface area contributed by atoms with Crippen molar-refractivity contribution in [2.45, 2.75) is 31.6 Å². The molecular formula is C18H22N2O3S. The summed E-state index contributed by atoms with van der Waals surface area (Å²) in [5.41, 5.74) is 1.83. The summed E-state index contributed by atoms with van der Waals surface area (Å²) in [6, 6.07) is 13.1. The molecule has 1 amide bonds. The van der Waals surface area contributed by atoms with Crippen LogP contribution in [0.4, 0.5) is 5.69 Å². The zero-order valence-corrected chi connectivity index (χ0v) is 14.7. The molecule has 0 bridgehead atoms. The van der Waals surface area contributed by atoms with Gasteiger partial charge in [0, 0.05) is 12.1 Å². The molecule has 6 heteroatoms. The van der Waals surface area contributed by atoms with Gasteiger partial charge in [0.2, 0.25) is 0 Å². The molecule has 0 spiro atoms. The average Bonchev–Trinajstić information content (AvgIpc) is 2.57. The van der Waals surface area contributed by atoms with Gasteiger partial charge in [0.05, 0.1) is 10.6 Å². The number of unbranched alkanes of at least 4 members (excludes halogenated alkanes) is 1. The second kappa shape index (κ2) is 7.97. The highest BCUT2D eigenvalue weighted by atomic mass is 32.2. The van der Waals surface area contributed by atoms with Crippen molar-refractivity contribution in [1.29, 1.82) is 0 Å². The van der Waals surface area contributed by atoms with Gasteiger partial charge in [-0.25, -0.2) is 8.42 Å². The Kier molecular flexibility index (Phi) is 5.98. The third kappa shape index (κ3) is 4.58. The van der Waals surface area contributed by atoms with E-state index in [0.29, 0.717) is 17.8 Å². The fraction of sp³-hybridized carbons (Fsp3) is 0.278. The minimum atomic E-state index is -3.68. The van der Waals surface area contributed by atoms with Gasteiger partial charge in [-0.15, -0.1) is 0 Å². The fourth-order valence-corrected chi connectivity index (χ4v) is 3.29. The molecule has 2 aromatic carbocycles. The summed E-state index contributed by atoms with van der Waals surface area (Å²) in [6.45, 7) is 4.50. The first-order chi connectivity index (χ1) is 11.4. The van der Waals surface area contributed by atoms with Gasteiger partial charge < -0.3 is 5.32 Å². The molecule has 2 aromatic rings. The van der Waals surface area contributed by atoms with E-state index >= 15 is 0 Å². The van der Waals surface area contributed by atoms with E-state index in [4.69, 9.17) is 0 Å². The maximum Gasteiger partial charge on any atom is 0.261 e. The summed E-state index contributed by atoms with van der Waals surface area (Å²) in [5, 5.41) is 2.80. The van der Waals surface area contributed by atoms with Crippen LogP contribution >= 0.6 is 0 Å². The van der Waals surface area contributed by atoms with Crippen LogP contribution in [0.15, 0.2) is 53.4 Å². The highest BCUT2D eigenvalue weighted by Gasteiger charge is 2.16. The maximum absolute atomic E-state index is 12.4. The van der Waals surface area contributed by atoms with Crippen molar-refractivity contribution in [2.24, 2.45) is 0 Å². The Morgan fingerprint density at radius 2 is 1.71 bits per heavy atom. The van der Waals surface area contributed by atoms with Gasteiger partial charge in [0.25, 0.3) is 15.9 Å². The molecular weight excluding hydrogens is 324 g/mol. The number of rotatable bonds is 7. The van der Waals surface area contributed by atoms with E-state index in [1.807, 2.05) is 26.0 Å². The molecule has 0 aromatic heterocycles. The predicted octanol–water partition coefficient (Wildman–Crippen LogP) is 3.33. The standard InChI is InChI=1S/C18H22N2O3S/c1-3-4-13-19-18(21)15-9-11-16(12-10-15)24(22,23)20-17-8-6-5-7-14(17)2/h5-12,20H,3-4,13H2,1-2H3,(H,19,21). The van der Waals surface area contributed by atoms with Gasteiger partial charge in [-0.05, 0) is 49.2 Å². The summed E-state index contributed by atoms with van der Waals surface area (Å²) in [5.74, 6) is -0.195. The number of hydrogen-bond acceptors (Lipinski definition) is 3. The van der Waals surface area contributed by atoms with Crippen LogP contribution in [0, 0.1) is 6.92 Å². The van der Waals surface area contributed by atoms with Gasteiger partial charge >= 0.3 is 0 Å². The Bertz CT molecular complexity index is 799. The van der Waals surface area contributed by atoms with E-state index in [0.717, 1.165) is 18.4 Å². The van der Waals surface area contributed by atoms with Gasteiger partial charge in [-0.3, -0.25) is 9.52 Å².